The summed E-state index contributed by atoms with van der Waals surface area (Å²) >= 11 is 1.64. The molecule has 0 saturated carbocycles. The lowest BCUT2D eigenvalue weighted by Crippen LogP contribution is -2.35. The molecule has 0 spiro atoms. The molecule has 1 aliphatic heterocycles. The zero-order valence-electron chi connectivity index (χ0n) is 14.5. The summed E-state index contributed by atoms with van der Waals surface area (Å²) in [5, 5.41) is 12.8. The number of thioether (sulfide) groups is 1. The number of pyridine rings is 1. The lowest BCUT2D eigenvalue weighted by molar-refractivity contribution is -0.126. The van der Waals surface area contributed by atoms with Crippen LogP contribution in [0.3, 0.4) is 0 Å². The lowest BCUT2D eigenvalue weighted by atomic mass is 10.1. The highest BCUT2D eigenvalue weighted by molar-refractivity contribution is 7.98. The Morgan fingerprint density at radius 3 is 2.81 bits per heavy atom. The summed E-state index contributed by atoms with van der Waals surface area (Å²) in [5.41, 5.74) is 1.45. The number of nitrogens with zero attached hydrogens (tertiary/aromatic N) is 2. The molecule has 1 fully saturated rings. The maximum Gasteiger partial charge on any atom is 0.227 e. The van der Waals surface area contributed by atoms with E-state index in [0.29, 0.717) is 12.1 Å². The molecule has 2 aromatic rings. The van der Waals surface area contributed by atoms with Crippen molar-refractivity contribution in [1.29, 1.82) is 0 Å². The number of nitrogens with one attached hydrogen (secondary N) is 1. The van der Waals surface area contributed by atoms with Gasteiger partial charge in [0.05, 0.1) is 12.0 Å². The van der Waals surface area contributed by atoms with Crippen LogP contribution >= 0.6 is 11.8 Å². The number of aliphatic hydroxyl groups excluding tert-OH is 1. The Kier molecular flexibility index (Phi) is 5.90. The first kappa shape index (κ1) is 18.4. The molecular formula is C19H21N3O3S. The minimum atomic E-state index is -0.819. The third-order valence-corrected chi connectivity index (χ3v) is 5.16. The number of hydrogen-bond acceptors (Lipinski definition) is 5. The Bertz CT molecular complexity index is 767. The molecule has 0 aliphatic carbocycles. The van der Waals surface area contributed by atoms with Gasteiger partial charge in [-0.1, -0.05) is 6.07 Å². The van der Waals surface area contributed by atoms with Gasteiger partial charge in [-0.15, -0.1) is 11.8 Å². The number of rotatable bonds is 6. The molecule has 2 amide bonds. The summed E-state index contributed by atoms with van der Waals surface area (Å²) in [6.45, 7) is 0.448. The van der Waals surface area contributed by atoms with Gasteiger partial charge in [0.15, 0.2) is 0 Å². The zero-order chi connectivity index (χ0) is 18.5. The van der Waals surface area contributed by atoms with E-state index in [1.807, 2.05) is 30.5 Å². The van der Waals surface area contributed by atoms with E-state index in [9.17, 15) is 14.7 Å². The maximum atomic E-state index is 12.4. The summed E-state index contributed by atoms with van der Waals surface area (Å²) in [7, 11) is 0. The van der Waals surface area contributed by atoms with Crippen LogP contribution in [0.2, 0.25) is 0 Å². The average Bonchev–Trinajstić information content (AvgIpc) is 3.08. The van der Waals surface area contributed by atoms with Crippen molar-refractivity contribution in [2.24, 2.45) is 5.92 Å². The fraction of sp³-hybridized carbons (Fsp3) is 0.316. The molecule has 3 rings (SSSR count). The smallest absolute Gasteiger partial charge is 0.227 e. The van der Waals surface area contributed by atoms with Gasteiger partial charge in [-0.2, -0.15) is 0 Å². The summed E-state index contributed by atoms with van der Waals surface area (Å²) in [4.78, 5) is 31.4. The minimum absolute atomic E-state index is 0.0603. The van der Waals surface area contributed by atoms with E-state index < -0.39 is 12.0 Å². The molecule has 2 unspecified atom stereocenters. The summed E-state index contributed by atoms with van der Waals surface area (Å²) in [5.74, 6) is -0.691. The molecule has 26 heavy (non-hydrogen) atoms. The van der Waals surface area contributed by atoms with Crippen LogP contribution in [-0.4, -0.2) is 41.3 Å². The SMILES string of the molecule is CSc1ccc(N2CC(C(=O)NCC(O)c3cccnc3)CC2=O)cc1. The number of amides is 2. The van der Waals surface area contributed by atoms with Crippen LogP contribution in [0.25, 0.3) is 0 Å². The predicted octanol–water partition coefficient (Wildman–Crippen LogP) is 2.01. The lowest BCUT2D eigenvalue weighted by Gasteiger charge is -2.17. The molecule has 1 aromatic heterocycles. The molecular weight excluding hydrogens is 350 g/mol. The van der Waals surface area contributed by atoms with Crippen LogP contribution in [0.5, 0.6) is 0 Å². The van der Waals surface area contributed by atoms with Crippen molar-refractivity contribution in [3.63, 3.8) is 0 Å². The van der Waals surface area contributed by atoms with Crippen molar-refractivity contribution in [3.05, 3.63) is 54.4 Å². The molecule has 2 atom stereocenters. The topological polar surface area (TPSA) is 82.5 Å². The number of anilines is 1. The fourth-order valence-electron chi connectivity index (χ4n) is 2.93. The first-order valence-electron chi connectivity index (χ1n) is 8.38. The highest BCUT2D eigenvalue weighted by Crippen LogP contribution is 2.27. The number of aromatic nitrogens is 1. The van der Waals surface area contributed by atoms with Gasteiger partial charge in [-0.25, -0.2) is 0 Å². The van der Waals surface area contributed by atoms with Crippen molar-refractivity contribution >= 4 is 29.3 Å². The van der Waals surface area contributed by atoms with E-state index in [4.69, 9.17) is 0 Å². The fourth-order valence-corrected chi connectivity index (χ4v) is 3.34. The van der Waals surface area contributed by atoms with Gasteiger partial charge >= 0.3 is 0 Å². The van der Waals surface area contributed by atoms with Crippen molar-refractivity contribution in [3.8, 4) is 0 Å². The Labute approximate surface area is 156 Å². The molecule has 1 aliphatic rings. The maximum absolute atomic E-state index is 12.4. The van der Waals surface area contributed by atoms with E-state index >= 15 is 0 Å². The Morgan fingerprint density at radius 2 is 2.15 bits per heavy atom. The van der Waals surface area contributed by atoms with Crippen LogP contribution < -0.4 is 10.2 Å². The predicted molar refractivity (Wildman–Crippen MR) is 101 cm³/mol. The van der Waals surface area contributed by atoms with Gasteiger partial charge in [0, 0.05) is 48.1 Å². The highest BCUT2D eigenvalue weighted by Gasteiger charge is 2.35. The third kappa shape index (κ3) is 4.23. The van der Waals surface area contributed by atoms with Crippen LogP contribution in [0, 0.1) is 5.92 Å². The van der Waals surface area contributed by atoms with Gasteiger partial charge in [0.2, 0.25) is 11.8 Å². The van der Waals surface area contributed by atoms with E-state index in [1.54, 1.807) is 41.2 Å². The molecule has 1 aromatic carbocycles. The Hall–Kier alpha value is -2.38. The molecule has 2 heterocycles. The Balaban J connectivity index is 1.56. The second kappa shape index (κ2) is 8.33. The number of carbonyl (C=O) groups is 2. The first-order valence-corrected chi connectivity index (χ1v) is 9.61. The molecule has 2 N–H and O–H groups in total. The average molecular weight is 371 g/mol. The number of hydrogen-bond donors (Lipinski definition) is 2. The minimum Gasteiger partial charge on any atom is -0.387 e. The van der Waals surface area contributed by atoms with Crippen molar-refractivity contribution < 1.29 is 14.7 Å². The second-order valence-corrected chi connectivity index (χ2v) is 7.03. The standard InChI is InChI=1S/C19H21N3O3S/c1-26-16-6-4-15(5-7-16)22-12-14(9-18(22)24)19(25)21-11-17(23)13-3-2-8-20-10-13/h2-8,10,14,17,23H,9,11-12H2,1H3,(H,21,25). The van der Waals surface area contributed by atoms with Crippen molar-refractivity contribution in [1.82, 2.24) is 10.3 Å². The van der Waals surface area contributed by atoms with Gasteiger partial charge in [0.1, 0.15) is 0 Å². The van der Waals surface area contributed by atoms with E-state index in [1.165, 1.54) is 0 Å². The van der Waals surface area contributed by atoms with Crippen LogP contribution in [0.4, 0.5) is 5.69 Å². The highest BCUT2D eigenvalue weighted by atomic mass is 32.2. The third-order valence-electron chi connectivity index (χ3n) is 4.42. The number of aliphatic hydroxyl groups is 1. The van der Waals surface area contributed by atoms with E-state index in [2.05, 4.69) is 10.3 Å². The first-order chi connectivity index (χ1) is 12.6. The Morgan fingerprint density at radius 1 is 1.38 bits per heavy atom. The van der Waals surface area contributed by atoms with E-state index in [-0.39, 0.29) is 24.8 Å². The summed E-state index contributed by atoms with van der Waals surface area (Å²) in [6.07, 6.45) is 4.55. The van der Waals surface area contributed by atoms with Gasteiger partial charge in [0.25, 0.3) is 0 Å². The second-order valence-electron chi connectivity index (χ2n) is 6.15. The van der Waals surface area contributed by atoms with Crippen LogP contribution in [0.15, 0.2) is 53.7 Å². The monoisotopic (exact) mass is 371 g/mol. The van der Waals surface area contributed by atoms with Crippen molar-refractivity contribution in [2.75, 3.05) is 24.2 Å². The molecule has 0 radical (unpaired) electrons. The van der Waals surface area contributed by atoms with Gasteiger partial charge in [-0.3, -0.25) is 14.6 Å². The largest absolute Gasteiger partial charge is 0.387 e. The molecule has 7 heteroatoms. The quantitative estimate of drug-likeness (QED) is 0.759. The van der Waals surface area contributed by atoms with Gasteiger partial charge in [-0.05, 0) is 36.6 Å². The molecule has 136 valence electrons. The van der Waals surface area contributed by atoms with Crippen molar-refractivity contribution in [2.45, 2.75) is 17.4 Å². The van der Waals surface area contributed by atoms with Crippen LogP contribution in [0.1, 0.15) is 18.1 Å². The van der Waals surface area contributed by atoms with Crippen LogP contribution in [-0.2, 0) is 9.59 Å². The number of benzene rings is 1. The molecule has 6 nitrogen and oxygen atoms in total. The molecule has 1 saturated heterocycles. The normalized spacial score (nSPS) is 18.0. The molecule has 0 bridgehead atoms. The van der Waals surface area contributed by atoms with Gasteiger partial charge < -0.3 is 15.3 Å². The summed E-state index contributed by atoms with van der Waals surface area (Å²) < 4.78 is 0. The number of carbonyl (C=O) groups excluding carboxylic acids is 2. The summed E-state index contributed by atoms with van der Waals surface area (Å²) in [6, 6.07) is 11.2. The zero-order valence-corrected chi connectivity index (χ0v) is 15.3. The van der Waals surface area contributed by atoms with E-state index in [0.717, 1.165) is 10.6 Å².